The van der Waals surface area contributed by atoms with E-state index in [4.69, 9.17) is 0 Å². The topological polar surface area (TPSA) is 104 Å². The Kier molecular flexibility index (Phi) is 4.89. The van der Waals surface area contributed by atoms with E-state index in [1.807, 2.05) is 0 Å². The van der Waals surface area contributed by atoms with Crippen LogP contribution < -0.4 is 10.6 Å². The number of carbonyl (C=O) groups excluding carboxylic acids is 1. The van der Waals surface area contributed by atoms with Gasteiger partial charge in [0.05, 0.1) is 5.92 Å². The highest BCUT2D eigenvalue weighted by molar-refractivity contribution is 7.09. The first-order valence-electron chi connectivity index (χ1n) is 6.67. The zero-order valence-electron chi connectivity index (χ0n) is 11.3. The van der Waals surface area contributed by atoms with E-state index in [-0.39, 0.29) is 6.04 Å². The molecule has 20 heavy (non-hydrogen) atoms. The van der Waals surface area contributed by atoms with Gasteiger partial charge < -0.3 is 10.4 Å². The summed E-state index contributed by atoms with van der Waals surface area (Å²) in [5.74, 6) is -0.758. The van der Waals surface area contributed by atoms with Crippen molar-refractivity contribution in [1.29, 1.82) is 0 Å². The minimum Gasteiger partial charge on any atom is -0.481 e. The SMILES string of the molecule is Cc1nsc(NC(=O)NC2CCCCCC2C(=O)O)n1. The molecule has 7 nitrogen and oxygen atoms in total. The molecule has 110 valence electrons. The van der Waals surface area contributed by atoms with Crippen LogP contribution in [0.25, 0.3) is 0 Å². The van der Waals surface area contributed by atoms with E-state index in [2.05, 4.69) is 20.0 Å². The monoisotopic (exact) mass is 298 g/mol. The molecule has 0 spiro atoms. The van der Waals surface area contributed by atoms with E-state index in [1.54, 1.807) is 6.92 Å². The molecular weight excluding hydrogens is 280 g/mol. The van der Waals surface area contributed by atoms with Crippen molar-refractivity contribution in [3.05, 3.63) is 5.82 Å². The zero-order chi connectivity index (χ0) is 14.5. The Bertz CT molecular complexity index is 491. The molecule has 1 fully saturated rings. The predicted octanol–water partition coefficient (Wildman–Crippen LogP) is 2.00. The molecule has 1 heterocycles. The average Bonchev–Trinajstić information content (AvgIpc) is 2.64. The van der Waals surface area contributed by atoms with Crippen molar-refractivity contribution in [2.45, 2.75) is 45.1 Å². The van der Waals surface area contributed by atoms with Crippen molar-refractivity contribution in [2.75, 3.05) is 5.32 Å². The standard InChI is InChI=1S/C12H18N4O3S/c1-7-13-12(20-16-7)15-11(19)14-9-6-4-2-3-5-8(9)10(17)18/h8-9H,2-6H2,1H3,(H,17,18)(H2,13,14,15,16,19). The van der Waals surface area contributed by atoms with E-state index < -0.39 is 17.9 Å². The molecule has 2 atom stereocenters. The summed E-state index contributed by atoms with van der Waals surface area (Å²) in [6.45, 7) is 1.74. The van der Waals surface area contributed by atoms with Gasteiger partial charge in [0, 0.05) is 17.6 Å². The highest BCUT2D eigenvalue weighted by atomic mass is 32.1. The molecule has 1 aliphatic rings. The van der Waals surface area contributed by atoms with Crippen LogP contribution >= 0.6 is 11.5 Å². The van der Waals surface area contributed by atoms with E-state index in [1.165, 1.54) is 0 Å². The summed E-state index contributed by atoms with van der Waals surface area (Å²) in [6.07, 6.45) is 4.15. The van der Waals surface area contributed by atoms with Gasteiger partial charge in [-0.15, -0.1) is 0 Å². The minimum absolute atomic E-state index is 0.330. The number of carboxylic acids is 1. The third-order valence-corrected chi connectivity index (χ3v) is 4.12. The summed E-state index contributed by atoms with van der Waals surface area (Å²) >= 11 is 1.10. The molecule has 8 heteroatoms. The fraction of sp³-hybridized carbons (Fsp3) is 0.667. The molecule has 1 aromatic heterocycles. The number of aliphatic carboxylic acids is 1. The second-order valence-corrected chi connectivity index (χ2v) is 5.69. The van der Waals surface area contributed by atoms with Crippen LogP contribution in [0.3, 0.4) is 0 Å². The summed E-state index contributed by atoms with van der Waals surface area (Å²) in [7, 11) is 0. The lowest BCUT2D eigenvalue weighted by Gasteiger charge is -2.22. The number of amides is 2. The molecule has 2 rings (SSSR count). The van der Waals surface area contributed by atoms with E-state index in [0.717, 1.165) is 30.8 Å². The van der Waals surface area contributed by atoms with Crippen LogP contribution in [-0.2, 0) is 4.79 Å². The van der Waals surface area contributed by atoms with Crippen LogP contribution in [0.5, 0.6) is 0 Å². The fourth-order valence-corrected chi connectivity index (χ4v) is 3.00. The molecule has 0 bridgehead atoms. The molecule has 1 aromatic rings. The second kappa shape index (κ2) is 6.65. The first kappa shape index (κ1) is 14.7. The van der Waals surface area contributed by atoms with Gasteiger partial charge in [-0.2, -0.15) is 4.37 Å². The average molecular weight is 298 g/mol. The second-order valence-electron chi connectivity index (χ2n) is 4.93. The van der Waals surface area contributed by atoms with E-state index >= 15 is 0 Å². The van der Waals surface area contributed by atoms with Gasteiger partial charge in [0.2, 0.25) is 5.13 Å². The van der Waals surface area contributed by atoms with Crippen molar-refractivity contribution in [2.24, 2.45) is 5.92 Å². The van der Waals surface area contributed by atoms with Crippen molar-refractivity contribution in [1.82, 2.24) is 14.7 Å². The maximum Gasteiger partial charge on any atom is 0.321 e. The molecule has 0 aromatic carbocycles. The Morgan fingerprint density at radius 2 is 2.05 bits per heavy atom. The van der Waals surface area contributed by atoms with Crippen LogP contribution in [0.1, 0.15) is 37.9 Å². The van der Waals surface area contributed by atoms with Gasteiger partial charge in [-0.1, -0.05) is 19.3 Å². The molecule has 0 aliphatic heterocycles. The number of nitrogens with zero attached hydrogens (tertiary/aromatic N) is 2. The molecule has 0 saturated heterocycles. The van der Waals surface area contributed by atoms with Crippen LogP contribution in [0, 0.1) is 12.8 Å². The Morgan fingerprint density at radius 1 is 1.30 bits per heavy atom. The molecule has 1 aliphatic carbocycles. The van der Waals surface area contributed by atoms with Crippen molar-refractivity contribution in [3.8, 4) is 0 Å². The summed E-state index contributed by atoms with van der Waals surface area (Å²) in [4.78, 5) is 27.2. The lowest BCUT2D eigenvalue weighted by molar-refractivity contribution is -0.142. The molecule has 2 unspecified atom stereocenters. The van der Waals surface area contributed by atoms with E-state index in [0.29, 0.717) is 23.8 Å². The maximum absolute atomic E-state index is 11.9. The molecule has 3 N–H and O–H groups in total. The van der Waals surface area contributed by atoms with Crippen molar-refractivity contribution in [3.63, 3.8) is 0 Å². The number of rotatable bonds is 3. The van der Waals surface area contributed by atoms with Gasteiger partial charge in [-0.3, -0.25) is 10.1 Å². The number of carboxylic acid groups (broad SMARTS) is 1. The summed E-state index contributed by atoms with van der Waals surface area (Å²) in [5.41, 5.74) is 0. The Hall–Kier alpha value is -1.70. The smallest absolute Gasteiger partial charge is 0.321 e. The highest BCUT2D eigenvalue weighted by Crippen LogP contribution is 2.24. The Labute approximate surface area is 121 Å². The molecule has 2 amide bonds. The number of nitrogens with one attached hydrogen (secondary N) is 2. The molecule has 1 saturated carbocycles. The number of anilines is 1. The Morgan fingerprint density at radius 3 is 2.70 bits per heavy atom. The normalized spacial score (nSPS) is 22.9. The lowest BCUT2D eigenvalue weighted by atomic mass is 9.95. The molecule has 0 radical (unpaired) electrons. The number of hydrogen-bond donors (Lipinski definition) is 3. The first-order valence-corrected chi connectivity index (χ1v) is 7.44. The number of carbonyl (C=O) groups is 2. The number of aryl methyl sites for hydroxylation is 1. The quantitative estimate of drug-likeness (QED) is 0.740. The van der Waals surface area contributed by atoms with Gasteiger partial charge in [-0.05, 0) is 19.8 Å². The largest absolute Gasteiger partial charge is 0.481 e. The minimum atomic E-state index is -0.844. The van der Waals surface area contributed by atoms with Crippen molar-refractivity contribution < 1.29 is 14.7 Å². The van der Waals surface area contributed by atoms with Gasteiger partial charge in [0.25, 0.3) is 0 Å². The van der Waals surface area contributed by atoms with Gasteiger partial charge >= 0.3 is 12.0 Å². The number of hydrogen-bond acceptors (Lipinski definition) is 5. The number of urea groups is 1. The number of aromatic nitrogens is 2. The van der Waals surface area contributed by atoms with Crippen LogP contribution in [-0.4, -0.2) is 32.5 Å². The lowest BCUT2D eigenvalue weighted by Crippen LogP contribution is -2.44. The third kappa shape index (κ3) is 3.89. The van der Waals surface area contributed by atoms with Crippen molar-refractivity contribution >= 4 is 28.7 Å². The van der Waals surface area contributed by atoms with Crippen LogP contribution in [0.2, 0.25) is 0 Å². The summed E-state index contributed by atoms with van der Waals surface area (Å²) < 4.78 is 3.97. The fourth-order valence-electron chi connectivity index (χ4n) is 2.43. The summed E-state index contributed by atoms with van der Waals surface area (Å²) in [6, 6.07) is -0.747. The van der Waals surface area contributed by atoms with Crippen LogP contribution in [0.4, 0.5) is 9.93 Å². The third-order valence-electron chi connectivity index (χ3n) is 3.40. The Balaban J connectivity index is 1.95. The maximum atomic E-state index is 11.9. The summed E-state index contributed by atoms with van der Waals surface area (Å²) in [5, 5.41) is 15.0. The first-order chi connectivity index (χ1) is 9.56. The predicted molar refractivity (Wildman–Crippen MR) is 74.8 cm³/mol. The van der Waals surface area contributed by atoms with Gasteiger partial charge in [0.15, 0.2) is 0 Å². The zero-order valence-corrected chi connectivity index (χ0v) is 12.1. The molecular formula is C12H18N4O3S. The van der Waals surface area contributed by atoms with Crippen LogP contribution in [0.15, 0.2) is 0 Å². The van der Waals surface area contributed by atoms with Gasteiger partial charge in [0.1, 0.15) is 5.82 Å². The van der Waals surface area contributed by atoms with Gasteiger partial charge in [-0.25, -0.2) is 9.78 Å². The van der Waals surface area contributed by atoms with E-state index in [9.17, 15) is 14.7 Å². The highest BCUT2D eigenvalue weighted by Gasteiger charge is 2.30.